The van der Waals surface area contributed by atoms with Gasteiger partial charge in [-0.05, 0) is 30.3 Å². The number of amides is 1. The topological polar surface area (TPSA) is 101 Å². The number of methoxy groups -OCH3 is 1. The van der Waals surface area contributed by atoms with Crippen LogP contribution in [0.2, 0.25) is 0 Å². The van der Waals surface area contributed by atoms with E-state index in [2.05, 4.69) is 15.2 Å². The van der Waals surface area contributed by atoms with E-state index in [1.54, 1.807) is 18.0 Å². The standard InChI is InChI=1S/C16H18N6O2/c1-24-13-5-3-12(4-6-13)22-16(7-10-21-9-2-8-18-21)19-15(20-22)11-14(17)23/h2-6,8-9H,7,10-11H2,1H3,(H2,17,23). The van der Waals surface area contributed by atoms with Gasteiger partial charge in [0.05, 0.1) is 19.2 Å². The molecular weight excluding hydrogens is 308 g/mol. The van der Waals surface area contributed by atoms with Gasteiger partial charge in [-0.3, -0.25) is 9.48 Å². The van der Waals surface area contributed by atoms with Crippen LogP contribution in [0.5, 0.6) is 5.75 Å². The van der Waals surface area contributed by atoms with E-state index in [-0.39, 0.29) is 6.42 Å². The quantitative estimate of drug-likeness (QED) is 0.690. The normalized spacial score (nSPS) is 10.7. The lowest BCUT2D eigenvalue weighted by molar-refractivity contribution is -0.117. The summed E-state index contributed by atoms with van der Waals surface area (Å²) < 4.78 is 8.72. The number of carbonyl (C=O) groups is 1. The zero-order chi connectivity index (χ0) is 16.9. The third-order valence-electron chi connectivity index (χ3n) is 3.49. The molecule has 0 saturated carbocycles. The molecule has 1 amide bonds. The van der Waals surface area contributed by atoms with Gasteiger partial charge < -0.3 is 10.5 Å². The second-order valence-corrected chi connectivity index (χ2v) is 5.22. The zero-order valence-corrected chi connectivity index (χ0v) is 13.3. The first kappa shape index (κ1) is 15.7. The van der Waals surface area contributed by atoms with Crippen LogP contribution in [0.25, 0.3) is 5.69 Å². The summed E-state index contributed by atoms with van der Waals surface area (Å²) >= 11 is 0. The van der Waals surface area contributed by atoms with E-state index >= 15 is 0 Å². The third kappa shape index (κ3) is 3.60. The van der Waals surface area contributed by atoms with Crippen molar-refractivity contribution in [3.8, 4) is 11.4 Å². The average Bonchev–Trinajstić information content (AvgIpc) is 3.22. The largest absolute Gasteiger partial charge is 0.497 e. The highest BCUT2D eigenvalue weighted by Crippen LogP contribution is 2.16. The maximum absolute atomic E-state index is 11.2. The van der Waals surface area contributed by atoms with Gasteiger partial charge in [-0.2, -0.15) is 10.2 Å². The highest BCUT2D eigenvalue weighted by Gasteiger charge is 2.13. The van der Waals surface area contributed by atoms with Crippen molar-refractivity contribution >= 4 is 5.91 Å². The summed E-state index contributed by atoms with van der Waals surface area (Å²) in [6.45, 7) is 0.665. The number of hydrogen-bond acceptors (Lipinski definition) is 5. The van der Waals surface area contributed by atoms with Crippen molar-refractivity contribution in [2.24, 2.45) is 5.73 Å². The monoisotopic (exact) mass is 326 g/mol. The Labute approximate surface area is 138 Å². The molecule has 0 spiro atoms. The molecule has 0 aliphatic heterocycles. The Morgan fingerprint density at radius 1 is 1.29 bits per heavy atom. The molecule has 2 heterocycles. The van der Waals surface area contributed by atoms with Crippen molar-refractivity contribution < 1.29 is 9.53 Å². The molecule has 3 rings (SSSR count). The van der Waals surface area contributed by atoms with Crippen LogP contribution >= 0.6 is 0 Å². The number of ether oxygens (including phenoxy) is 1. The summed E-state index contributed by atoms with van der Waals surface area (Å²) in [4.78, 5) is 15.6. The summed E-state index contributed by atoms with van der Waals surface area (Å²) in [6.07, 6.45) is 4.25. The fourth-order valence-electron chi connectivity index (χ4n) is 2.36. The third-order valence-corrected chi connectivity index (χ3v) is 3.49. The lowest BCUT2D eigenvalue weighted by Crippen LogP contribution is -2.14. The number of nitrogens with zero attached hydrogens (tertiary/aromatic N) is 5. The van der Waals surface area contributed by atoms with Gasteiger partial charge in [-0.25, -0.2) is 9.67 Å². The SMILES string of the molecule is COc1ccc(-n2nc(CC(N)=O)nc2CCn2cccn2)cc1. The van der Waals surface area contributed by atoms with Crippen LogP contribution < -0.4 is 10.5 Å². The number of carbonyl (C=O) groups excluding carboxylic acids is 1. The van der Waals surface area contributed by atoms with Crippen LogP contribution in [0.15, 0.2) is 42.7 Å². The first-order chi connectivity index (χ1) is 11.7. The van der Waals surface area contributed by atoms with Gasteiger partial charge in [0.15, 0.2) is 5.82 Å². The van der Waals surface area contributed by atoms with E-state index < -0.39 is 5.91 Å². The number of nitrogens with two attached hydrogens (primary N) is 1. The Balaban J connectivity index is 1.88. The fourth-order valence-corrected chi connectivity index (χ4v) is 2.36. The first-order valence-corrected chi connectivity index (χ1v) is 7.50. The minimum Gasteiger partial charge on any atom is -0.497 e. The molecule has 0 unspecified atom stereocenters. The molecule has 3 aromatic rings. The first-order valence-electron chi connectivity index (χ1n) is 7.50. The molecule has 0 aliphatic rings. The number of aromatic nitrogens is 5. The number of primary amides is 1. The van der Waals surface area contributed by atoms with Crippen LogP contribution in [-0.2, 0) is 24.2 Å². The van der Waals surface area contributed by atoms with Crippen molar-refractivity contribution in [3.05, 3.63) is 54.4 Å². The Kier molecular flexibility index (Phi) is 4.55. The zero-order valence-electron chi connectivity index (χ0n) is 13.3. The predicted octanol–water partition coefficient (Wildman–Crippen LogP) is 0.743. The molecule has 2 aromatic heterocycles. The maximum atomic E-state index is 11.2. The molecule has 124 valence electrons. The molecule has 8 heteroatoms. The summed E-state index contributed by atoms with van der Waals surface area (Å²) in [5, 5.41) is 8.59. The minimum absolute atomic E-state index is 0.0118. The van der Waals surface area contributed by atoms with Crippen molar-refractivity contribution in [3.63, 3.8) is 0 Å². The van der Waals surface area contributed by atoms with Gasteiger partial charge >= 0.3 is 0 Å². The predicted molar refractivity (Wildman–Crippen MR) is 86.7 cm³/mol. The Hall–Kier alpha value is -3.16. The van der Waals surface area contributed by atoms with Gasteiger partial charge in [0.2, 0.25) is 5.91 Å². The summed E-state index contributed by atoms with van der Waals surface area (Å²) in [7, 11) is 1.62. The average molecular weight is 326 g/mol. The molecule has 0 bridgehead atoms. The number of rotatable bonds is 7. The summed E-state index contributed by atoms with van der Waals surface area (Å²) in [5.74, 6) is 1.45. The van der Waals surface area contributed by atoms with Gasteiger partial charge in [0, 0.05) is 25.4 Å². The van der Waals surface area contributed by atoms with Crippen LogP contribution in [0.3, 0.4) is 0 Å². The van der Waals surface area contributed by atoms with E-state index in [4.69, 9.17) is 10.5 Å². The van der Waals surface area contributed by atoms with Crippen LogP contribution in [0, 0.1) is 0 Å². The minimum atomic E-state index is -0.458. The van der Waals surface area contributed by atoms with E-state index in [1.165, 1.54) is 0 Å². The van der Waals surface area contributed by atoms with Crippen LogP contribution in [-0.4, -0.2) is 37.6 Å². The molecule has 0 fully saturated rings. The number of benzene rings is 1. The van der Waals surface area contributed by atoms with E-state index in [0.717, 1.165) is 17.3 Å². The van der Waals surface area contributed by atoms with Crippen molar-refractivity contribution in [1.29, 1.82) is 0 Å². The van der Waals surface area contributed by atoms with E-state index in [1.807, 2.05) is 41.2 Å². The van der Waals surface area contributed by atoms with E-state index in [9.17, 15) is 4.79 Å². The van der Waals surface area contributed by atoms with Crippen LogP contribution in [0.4, 0.5) is 0 Å². The number of aryl methyl sites for hydroxylation is 2. The molecule has 2 N–H and O–H groups in total. The summed E-state index contributed by atoms with van der Waals surface area (Å²) in [5.41, 5.74) is 6.09. The second kappa shape index (κ2) is 6.95. The fraction of sp³-hybridized carbons (Fsp3) is 0.250. The molecule has 0 saturated heterocycles. The molecule has 24 heavy (non-hydrogen) atoms. The Bertz CT molecular complexity index is 808. The Morgan fingerprint density at radius 2 is 2.08 bits per heavy atom. The molecule has 0 aliphatic carbocycles. The molecule has 0 radical (unpaired) electrons. The summed E-state index contributed by atoms with van der Waals surface area (Å²) in [6, 6.07) is 9.34. The molecular formula is C16H18N6O2. The molecule has 8 nitrogen and oxygen atoms in total. The maximum Gasteiger partial charge on any atom is 0.225 e. The van der Waals surface area contributed by atoms with Gasteiger partial charge in [-0.15, -0.1) is 0 Å². The second-order valence-electron chi connectivity index (χ2n) is 5.22. The van der Waals surface area contributed by atoms with E-state index in [0.29, 0.717) is 18.8 Å². The van der Waals surface area contributed by atoms with Gasteiger partial charge in [0.1, 0.15) is 11.6 Å². The lowest BCUT2D eigenvalue weighted by Gasteiger charge is -2.07. The Morgan fingerprint density at radius 3 is 2.71 bits per heavy atom. The van der Waals surface area contributed by atoms with Crippen molar-refractivity contribution in [2.45, 2.75) is 19.4 Å². The highest BCUT2D eigenvalue weighted by molar-refractivity contribution is 5.75. The smallest absolute Gasteiger partial charge is 0.225 e. The molecule has 0 atom stereocenters. The lowest BCUT2D eigenvalue weighted by atomic mass is 10.3. The van der Waals surface area contributed by atoms with Gasteiger partial charge in [0.25, 0.3) is 0 Å². The van der Waals surface area contributed by atoms with Crippen molar-refractivity contribution in [2.75, 3.05) is 7.11 Å². The van der Waals surface area contributed by atoms with Gasteiger partial charge in [-0.1, -0.05) is 0 Å². The number of hydrogen-bond donors (Lipinski definition) is 1. The highest BCUT2D eigenvalue weighted by atomic mass is 16.5. The molecule has 1 aromatic carbocycles. The van der Waals surface area contributed by atoms with Crippen LogP contribution in [0.1, 0.15) is 11.6 Å². The van der Waals surface area contributed by atoms with Crippen molar-refractivity contribution in [1.82, 2.24) is 24.5 Å².